The molecular weight excluding hydrogens is 308 g/mol. The standard InChI is InChI=1S/C17H24N4O3/c1-11(22)21-14-4-2-13(3-5-14)17(10-20-16(18)19)8-6-12(7-9-17)15(23)24/h2-5,12H,6-10H2,1H3,(H,21,22)(H,23,24)(H4,18,19,20). The number of guanidine groups is 1. The van der Waals surface area contributed by atoms with Gasteiger partial charge in [0.15, 0.2) is 5.96 Å². The van der Waals surface area contributed by atoms with E-state index in [-0.39, 0.29) is 23.2 Å². The summed E-state index contributed by atoms with van der Waals surface area (Å²) in [5.41, 5.74) is 12.5. The molecular formula is C17H24N4O3. The second-order valence-corrected chi connectivity index (χ2v) is 6.39. The maximum Gasteiger partial charge on any atom is 0.306 e. The zero-order valence-electron chi connectivity index (χ0n) is 13.8. The minimum Gasteiger partial charge on any atom is -0.481 e. The number of nitrogens with one attached hydrogen (secondary N) is 1. The number of nitrogens with zero attached hydrogens (tertiary/aromatic N) is 1. The van der Waals surface area contributed by atoms with E-state index in [1.165, 1.54) is 6.92 Å². The van der Waals surface area contributed by atoms with Crippen LogP contribution in [0.25, 0.3) is 0 Å². The van der Waals surface area contributed by atoms with Gasteiger partial charge in [-0.3, -0.25) is 14.6 Å². The van der Waals surface area contributed by atoms with Gasteiger partial charge >= 0.3 is 5.97 Å². The second-order valence-electron chi connectivity index (χ2n) is 6.39. The maximum atomic E-state index is 11.2. The fourth-order valence-corrected chi connectivity index (χ4v) is 3.31. The first-order valence-electron chi connectivity index (χ1n) is 7.99. The molecule has 130 valence electrons. The molecule has 0 heterocycles. The van der Waals surface area contributed by atoms with Crippen LogP contribution in [-0.4, -0.2) is 29.5 Å². The van der Waals surface area contributed by atoms with Gasteiger partial charge < -0.3 is 21.9 Å². The van der Waals surface area contributed by atoms with Gasteiger partial charge in [-0.25, -0.2) is 0 Å². The van der Waals surface area contributed by atoms with E-state index in [0.717, 1.165) is 11.3 Å². The molecule has 1 fully saturated rings. The summed E-state index contributed by atoms with van der Waals surface area (Å²) in [6.45, 7) is 1.89. The van der Waals surface area contributed by atoms with Crippen molar-refractivity contribution in [1.82, 2.24) is 0 Å². The first-order valence-corrected chi connectivity index (χ1v) is 7.99. The van der Waals surface area contributed by atoms with Gasteiger partial charge in [-0.1, -0.05) is 12.1 Å². The Kier molecular flexibility index (Phi) is 5.43. The molecule has 0 atom stereocenters. The van der Waals surface area contributed by atoms with Crippen LogP contribution in [0, 0.1) is 5.92 Å². The molecule has 0 aromatic heterocycles. The number of aliphatic carboxylic acids is 1. The molecule has 0 aliphatic heterocycles. The molecule has 1 aliphatic carbocycles. The third-order valence-corrected chi connectivity index (χ3v) is 4.67. The summed E-state index contributed by atoms with van der Waals surface area (Å²) in [6.07, 6.45) is 2.62. The van der Waals surface area contributed by atoms with Crippen molar-refractivity contribution in [1.29, 1.82) is 0 Å². The number of rotatable bonds is 5. The van der Waals surface area contributed by atoms with E-state index < -0.39 is 5.97 Å². The number of carboxylic acid groups (broad SMARTS) is 1. The molecule has 7 heteroatoms. The van der Waals surface area contributed by atoms with Crippen molar-refractivity contribution in [2.45, 2.75) is 38.0 Å². The van der Waals surface area contributed by atoms with Gasteiger partial charge in [0, 0.05) is 18.0 Å². The first kappa shape index (κ1) is 17.8. The molecule has 1 amide bonds. The fraction of sp³-hybridized carbons (Fsp3) is 0.471. The Morgan fingerprint density at radius 1 is 1.25 bits per heavy atom. The summed E-state index contributed by atoms with van der Waals surface area (Å²) in [5, 5.41) is 11.9. The summed E-state index contributed by atoms with van der Waals surface area (Å²) in [6, 6.07) is 7.59. The summed E-state index contributed by atoms with van der Waals surface area (Å²) in [7, 11) is 0. The number of hydrogen-bond donors (Lipinski definition) is 4. The predicted octanol–water partition coefficient (Wildman–Crippen LogP) is 1.43. The van der Waals surface area contributed by atoms with Gasteiger partial charge in [0.05, 0.1) is 12.5 Å². The Labute approximate surface area is 141 Å². The fourth-order valence-electron chi connectivity index (χ4n) is 3.31. The van der Waals surface area contributed by atoms with Crippen LogP contribution < -0.4 is 16.8 Å². The third-order valence-electron chi connectivity index (χ3n) is 4.67. The van der Waals surface area contributed by atoms with Crippen LogP contribution in [0.3, 0.4) is 0 Å². The zero-order chi connectivity index (χ0) is 17.7. The molecule has 0 spiro atoms. The molecule has 24 heavy (non-hydrogen) atoms. The van der Waals surface area contributed by atoms with Crippen molar-refractivity contribution in [2.75, 3.05) is 11.9 Å². The van der Waals surface area contributed by atoms with Gasteiger partial charge in [-0.05, 0) is 43.4 Å². The van der Waals surface area contributed by atoms with Crippen molar-refractivity contribution in [3.05, 3.63) is 29.8 Å². The molecule has 1 aromatic carbocycles. The van der Waals surface area contributed by atoms with Gasteiger partial charge in [0.1, 0.15) is 0 Å². The lowest BCUT2D eigenvalue weighted by atomic mass is 9.66. The maximum absolute atomic E-state index is 11.2. The molecule has 0 unspecified atom stereocenters. The van der Waals surface area contributed by atoms with E-state index in [4.69, 9.17) is 11.5 Å². The van der Waals surface area contributed by atoms with Crippen LogP contribution in [0.4, 0.5) is 5.69 Å². The van der Waals surface area contributed by atoms with E-state index in [0.29, 0.717) is 32.2 Å². The summed E-state index contributed by atoms with van der Waals surface area (Å²) in [4.78, 5) is 26.5. The highest BCUT2D eigenvalue weighted by atomic mass is 16.4. The lowest BCUT2D eigenvalue weighted by Gasteiger charge is -2.38. The molecule has 6 N–H and O–H groups in total. The highest BCUT2D eigenvalue weighted by Gasteiger charge is 2.38. The van der Waals surface area contributed by atoms with Crippen molar-refractivity contribution < 1.29 is 14.7 Å². The highest BCUT2D eigenvalue weighted by molar-refractivity contribution is 5.88. The predicted molar refractivity (Wildman–Crippen MR) is 92.7 cm³/mol. The van der Waals surface area contributed by atoms with Gasteiger partial charge in [0.25, 0.3) is 0 Å². The third kappa shape index (κ3) is 4.24. The molecule has 7 nitrogen and oxygen atoms in total. The Bertz CT molecular complexity index is 628. The van der Waals surface area contributed by atoms with Crippen LogP contribution in [0.5, 0.6) is 0 Å². The van der Waals surface area contributed by atoms with Gasteiger partial charge in [0.2, 0.25) is 5.91 Å². The lowest BCUT2D eigenvalue weighted by Crippen LogP contribution is -2.38. The number of carboxylic acids is 1. The molecule has 0 radical (unpaired) electrons. The van der Waals surface area contributed by atoms with Crippen molar-refractivity contribution in [3.8, 4) is 0 Å². The Morgan fingerprint density at radius 3 is 2.29 bits per heavy atom. The van der Waals surface area contributed by atoms with E-state index in [9.17, 15) is 14.7 Å². The van der Waals surface area contributed by atoms with E-state index in [2.05, 4.69) is 10.3 Å². The second kappa shape index (κ2) is 7.33. The number of carbonyl (C=O) groups excluding carboxylic acids is 1. The van der Waals surface area contributed by atoms with E-state index >= 15 is 0 Å². The molecule has 0 saturated heterocycles. The van der Waals surface area contributed by atoms with E-state index in [1.807, 2.05) is 24.3 Å². The van der Waals surface area contributed by atoms with E-state index in [1.54, 1.807) is 0 Å². The van der Waals surface area contributed by atoms with Crippen LogP contribution in [-0.2, 0) is 15.0 Å². The van der Waals surface area contributed by atoms with Gasteiger partial charge in [-0.2, -0.15) is 0 Å². The van der Waals surface area contributed by atoms with Crippen molar-refractivity contribution in [3.63, 3.8) is 0 Å². The van der Waals surface area contributed by atoms with Crippen LogP contribution >= 0.6 is 0 Å². The van der Waals surface area contributed by atoms with Crippen molar-refractivity contribution >= 4 is 23.5 Å². The van der Waals surface area contributed by atoms with Crippen LogP contribution in [0.15, 0.2) is 29.3 Å². The molecule has 0 bridgehead atoms. The number of amides is 1. The van der Waals surface area contributed by atoms with Crippen LogP contribution in [0.2, 0.25) is 0 Å². The molecule has 1 aliphatic rings. The van der Waals surface area contributed by atoms with Crippen LogP contribution in [0.1, 0.15) is 38.2 Å². The minimum absolute atomic E-state index is 0.0320. The first-order chi connectivity index (χ1) is 11.3. The monoisotopic (exact) mass is 332 g/mol. The smallest absolute Gasteiger partial charge is 0.306 e. The molecule has 1 aromatic rings. The molecule has 2 rings (SSSR count). The number of anilines is 1. The Balaban J connectivity index is 2.24. The minimum atomic E-state index is -0.744. The molecule has 1 saturated carbocycles. The summed E-state index contributed by atoms with van der Waals surface area (Å²) in [5.74, 6) is -1.15. The average Bonchev–Trinajstić information content (AvgIpc) is 2.53. The number of benzene rings is 1. The Morgan fingerprint density at radius 2 is 1.83 bits per heavy atom. The number of hydrogen-bond acceptors (Lipinski definition) is 3. The lowest BCUT2D eigenvalue weighted by molar-refractivity contribution is -0.143. The zero-order valence-corrected chi connectivity index (χ0v) is 13.8. The quantitative estimate of drug-likeness (QED) is 0.478. The Hall–Kier alpha value is -2.57. The summed E-state index contributed by atoms with van der Waals surface area (Å²) < 4.78 is 0. The largest absolute Gasteiger partial charge is 0.481 e. The number of aliphatic imine (C=N–C) groups is 1. The topological polar surface area (TPSA) is 131 Å². The normalized spacial score (nSPS) is 23.3. The number of nitrogens with two attached hydrogens (primary N) is 2. The van der Waals surface area contributed by atoms with Crippen molar-refractivity contribution in [2.24, 2.45) is 22.4 Å². The average molecular weight is 332 g/mol. The highest BCUT2D eigenvalue weighted by Crippen LogP contribution is 2.42. The summed E-state index contributed by atoms with van der Waals surface area (Å²) >= 11 is 0. The SMILES string of the molecule is CC(=O)Nc1ccc(C2(CN=C(N)N)CCC(C(=O)O)CC2)cc1. The van der Waals surface area contributed by atoms with Gasteiger partial charge in [-0.15, -0.1) is 0 Å². The number of carbonyl (C=O) groups is 2.